The van der Waals surface area contributed by atoms with Gasteiger partial charge in [0, 0.05) is 6.07 Å². The van der Waals surface area contributed by atoms with Gasteiger partial charge in [0.15, 0.2) is 6.10 Å². The van der Waals surface area contributed by atoms with E-state index in [0.29, 0.717) is 28.9 Å². The number of rotatable bonds is 8. The highest BCUT2D eigenvalue weighted by atomic mass is 16.6. The molecule has 0 amide bonds. The highest BCUT2D eigenvalue weighted by Crippen LogP contribution is 2.25. The van der Waals surface area contributed by atoms with Crippen molar-refractivity contribution >= 4 is 16.9 Å². The molecule has 0 aliphatic rings. The van der Waals surface area contributed by atoms with E-state index in [1.165, 1.54) is 11.8 Å². The molecule has 152 valence electrons. The SMILES string of the molecule is CCOC(=O)[C@H](CC)Oc1ccc2c(=O)c(Oc3ccc(CC)cc3)coc2c1. The van der Waals surface area contributed by atoms with Crippen molar-refractivity contribution in [3.8, 4) is 17.2 Å². The topological polar surface area (TPSA) is 75.0 Å². The van der Waals surface area contributed by atoms with Gasteiger partial charge in [-0.3, -0.25) is 4.79 Å². The number of hydrogen-bond acceptors (Lipinski definition) is 6. The largest absolute Gasteiger partial charge is 0.479 e. The molecule has 0 fully saturated rings. The Morgan fingerprint density at radius 2 is 1.76 bits per heavy atom. The van der Waals surface area contributed by atoms with Crippen molar-refractivity contribution in [3.05, 3.63) is 64.5 Å². The van der Waals surface area contributed by atoms with Crippen LogP contribution in [-0.2, 0) is 16.0 Å². The van der Waals surface area contributed by atoms with Crippen molar-refractivity contribution in [2.24, 2.45) is 0 Å². The zero-order chi connectivity index (χ0) is 20.8. The number of hydrogen-bond donors (Lipinski definition) is 0. The highest BCUT2D eigenvalue weighted by Gasteiger charge is 2.20. The summed E-state index contributed by atoms with van der Waals surface area (Å²) in [4.78, 5) is 24.7. The van der Waals surface area contributed by atoms with E-state index in [-0.39, 0.29) is 17.8 Å². The molecule has 0 spiro atoms. The van der Waals surface area contributed by atoms with E-state index in [0.717, 1.165) is 6.42 Å². The van der Waals surface area contributed by atoms with Crippen molar-refractivity contribution < 1.29 is 23.4 Å². The van der Waals surface area contributed by atoms with Gasteiger partial charge < -0.3 is 18.6 Å². The van der Waals surface area contributed by atoms with Crippen molar-refractivity contribution in [1.29, 1.82) is 0 Å². The first-order chi connectivity index (χ1) is 14.0. The Balaban J connectivity index is 1.83. The van der Waals surface area contributed by atoms with Crippen molar-refractivity contribution in [2.45, 2.75) is 39.7 Å². The lowest BCUT2D eigenvalue weighted by Crippen LogP contribution is -2.28. The van der Waals surface area contributed by atoms with Crippen LogP contribution >= 0.6 is 0 Å². The lowest BCUT2D eigenvalue weighted by atomic mass is 10.2. The number of aryl methyl sites for hydroxylation is 1. The predicted molar refractivity (Wildman–Crippen MR) is 110 cm³/mol. The smallest absolute Gasteiger partial charge is 0.347 e. The van der Waals surface area contributed by atoms with Gasteiger partial charge in [0.05, 0.1) is 12.0 Å². The molecule has 0 aliphatic carbocycles. The van der Waals surface area contributed by atoms with Crippen LogP contribution in [0.3, 0.4) is 0 Å². The van der Waals surface area contributed by atoms with E-state index < -0.39 is 12.1 Å². The van der Waals surface area contributed by atoms with Gasteiger partial charge in [0.2, 0.25) is 11.2 Å². The summed E-state index contributed by atoms with van der Waals surface area (Å²) in [6, 6.07) is 12.4. The zero-order valence-electron chi connectivity index (χ0n) is 16.8. The third kappa shape index (κ3) is 4.77. The minimum atomic E-state index is -0.715. The Morgan fingerprint density at radius 1 is 1.03 bits per heavy atom. The van der Waals surface area contributed by atoms with Crippen LogP contribution in [0.5, 0.6) is 17.2 Å². The van der Waals surface area contributed by atoms with E-state index in [4.69, 9.17) is 18.6 Å². The number of carbonyl (C=O) groups is 1. The Kier molecular flexibility index (Phi) is 6.54. The Labute approximate surface area is 169 Å². The lowest BCUT2D eigenvalue weighted by Gasteiger charge is -2.16. The summed E-state index contributed by atoms with van der Waals surface area (Å²) in [7, 11) is 0. The predicted octanol–water partition coefficient (Wildman–Crippen LogP) is 4.87. The molecule has 29 heavy (non-hydrogen) atoms. The molecule has 0 radical (unpaired) electrons. The molecule has 0 saturated heterocycles. The lowest BCUT2D eigenvalue weighted by molar-refractivity contribution is -0.151. The van der Waals surface area contributed by atoms with Gasteiger partial charge in [0.25, 0.3) is 0 Å². The first-order valence-corrected chi connectivity index (χ1v) is 9.71. The molecule has 0 aliphatic heterocycles. The van der Waals surface area contributed by atoms with Crippen molar-refractivity contribution in [3.63, 3.8) is 0 Å². The van der Waals surface area contributed by atoms with Crippen LogP contribution in [0, 0.1) is 0 Å². The van der Waals surface area contributed by atoms with Gasteiger partial charge in [-0.25, -0.2) is 4.79 Å². The molecule has 3 aromatic rings. The first-order valence-electron chi connectivity index (χ1n) is 9.71. The van der Waals surface area contributed by atoms with Crippen LogP contribution < -0.4 is 14.9 Å². The molecule has 0 bridgehead atoms. The summed E-state index contributed by atoms with van der Waals surface area (Å²) >= 11 is 0. The third-order valence-electron chi connectivity index (χ3n) is 4.47. The fourth-order valence-corrected chi connectivity index (χ4v) is 2.85. The standard InChI is InChI=1S/C23H24O6/c1-4-15-7-9-16(10-8-15)28-21-14-27-20-13-17(11-12-18(20)22(21)24)29-19(5-2)23(25)26-6-3/h7-14,19H,4-6H2,1-3H3/t19-/m0/s1. The summed E-state index contributed by atoms with van der Waals surface area (Å²) < 4.78 is 22.0. The van der Waals surface area contributed by atoms with E-state index in [2.05, 4.69) is 6.92 Å². The Bertz CT molecular complexity index is 1040. The summed E-state index contributed by atoms with van der Waals surface area (Å²) in [6.07, 6.45) is 1.96. The molecule has 6 nitrogen and oxygen atoms in total. The second-order valence-corrected chi connectivity index (χ2v) is 6.45. The molecule has 6 heteroatoms. The van der Waals surface area contributed by atoms with E-state index >= 15 is 0 Å². The summed E-state index contributed by atoms with van der Waals surface area (Å²) in [5, 5.41) is 0.365. The van der Waals surface area contributed by atoms with Gasteiger partial charge in [-0.1, -0.05) is 26.0 Å². The fourth-order valence-electron chi connectivity index (χ4n) is 2.85. The van der Waals surface area contributed by atoms with Crippen LogP contribution in [0.25, 0.3) is 11.0 Å². The van der Waals surface area contributed by atoms with Crippen LogP contribution in [0.2, 0.25) is 0 Å². The van der Waals surface area contributed by atoms with Gasteiger partial charge in [-0.05, 0) is 49.6 Å². The monoisotopic (exact) mass is 396 g/mol. The molecule has 1 atom stereocenters. The third-order valence-corrected chi connectivity index (χ3v) is 4.47. The molecule has 3 rings (SSSR count). The van der Waals surface area contributed by atoms with Crippen molar-refractivity contribution in [2.75, 3.05) is 6.61 Å². The minimum absolute atomic E-state index is 0.105. The van der Waals surface area contributed by atoms with Crippen LogP contribution in [-0.4, -0.2) is 18.7 Å². The fraction of sp³-hybridized carbons (Fsp3) is 0.304. The minimum Gasteiger partial charge on any atom is -0.479 e. The molecular weight excluding hydrogens is 372 g/mol. The van der Waals surface area contributed by atoms with Gasteiger partial charge in [-0.2, -0.15) is 0 Å². The average Bonchev–Trinajstić information content (AvgIpc) is 2.74. The van der Waals surface area contributed by atoms with Gasteiger partial charge in [-0.15, -0.1) is 0 Å². The maximum absolute atomic E-state index is 12.7. The van der Waals surface area contributed by atoms with E-state index in [1.54, 1.807) is 25.1 Å². The molecule has 1 aromatic heterocycles. The van der Waals surface area contributed by atoms with E-state index in [1.807, 2.05) is 31.2 Å². The summed E-state index contributed by atoms with van der Waals surface area (Å²) in [5.41, 5.74) is 1.25. The van der Waals surface area contributed by atoms with E-state index in [9.17, 15) is 9.59 Å². The zero-order valence-corrected chi connectivity index (χ0v) is 16.8. The average molecular weight is 396 g/mol. The molecular formula is C23H24O6. The maximum Gasteiger partial charge on any atom is 0.347 e. The second-order valence-electron chi connectivity index (χ2n) is 6.45. The molecule has 0 unspecified atom stereocenters. The number of ether oxygens (including phenoxy) is 3. The number of carbonyl (C=O) groups excluding carboxylic acids is 1. The van der Waals surface area contributed by atoms with Crippen LogP contribution in [0.1, 0.15) is 32.8 Å². The normalized spacial score (nSPS) is 11.8. The maximum atomic E-state index is 12.7. The summed E-state index contributed by atoms with van der Waals surface area (Å²) in [6.45, 7) is 5.93. The van der Waals surface area contributed by atoms with Gasteiger partial charge >= 0.3 is 5.97 Å². The summed E-state index contributed by atoms with van der Waals surface area (Å²) in [5.74, 6) is 0.668. The number of esters is 1. The van der Waals surface area contributed by atoms with Crippen molar-refractivity contribution in [1.82, 2.24) is 0 Å². The molecule has 0 saturated carbocycles. The number of fused-ring (bicyclic) bond motifs is 1. The van der Waals surface area contributed by atoms with Crippen LogP contribution in [0.15, 0.2) is 57.9 Å². The Hall–Kier alpha value is -3.28. The molecule has 0 N–H and O–H groups in total. The first kappa shape index (κ1) is 20.5. The Morgan fingerprint density at radius 3 is 2.41 bits per heavy atom. The van der Waals surface area contributed by atoms with Gasteiger partial charge in [0.1, 0.15) is 23.3 Å². The van der Waals surface area contributed by atoms with Crippen LogP contribution in [0.4, 0.5) is 0 Å². The highest BCUT2D eigenvalue weighted by molar-refractivity contribution is 5.79. The molecule has 1 heterocycles. The number of benzene rings is 2. The molecule has 2 aromatic carbocycles. The second kappa shape index (κ2) is 9.28. The quantitative estimate of drug-likeness (QED) is 0.506.